The van der Waals surface area contributed by atoms with Gasteiger partial charge in [-0.3, -0.25) is 4.79 Å². The number of nitrogens with one attached hydrogen (secondary N) is 1. The first-order chi connectivity index (χ1) is 10.7. The molecule has 1 heterocycles. The van der Waals surface area contributed by atoms with Crippen molar-refractivity contribution in [1.82, 2.24) is 5.32 Å². The second-order valence-corrected chi connectivity index (χ2v) is 5.19. The molecule has 5 nitrogen and oxygen atoms in total. The molecule has 0 aliphatic carbocycles. The van der Waals surface area contributed by atoms with Crippen LogP contribution in [0.25, 0.3) is 6.08 Å². The zero-order valence-electron chi connectivity index (χ0n) is 12.7. The lowest BCUT2D eigenvalue weighted by molar-refractivity contribution is -0.145. The van der Waals surface area contributed by atoms with E-state index in [0.717, 1.165) is 5.56 Å². The summed E-state index contributed by atoms with van der Waals surface area (Å²) in [6, 6.07) is 9.10. The summed E-state index contributed by atoms with van der Waals surface area (Å²) in [5, 5.41) is 2.75. The van der Waals surface area contributed by atoms with Crippen LogP contribution in [0.5, 0.6) is 0 Å². The number of amides is 1. The van der Waals surface area contributed by atoms with Gasteiger partial charge < -0.3 is 14.8 Å². The average molecular weight is 303 g/mol. The van der Waals surface area contributed by atoms with E-state index in [2.05, 4.69) is 5.32 Å². The van der Waals surface area contributed by atoms with Crippen molar-refractivity contribution in [3.8, 4) is 0 Å². The van der Waals surface area contributed by atoms with Crippen LogP contribution >= 0.6 is 0 Å². The molecule has 1 aliphatic heterocycles. The van der Waals surface area contributed by atoms with E-state index < -0.39 is 12.0 Å². The van der Waals surface area contributed by atoms with Crippen molar-refractivity contribution in [2.75, 3.05) is 20.3 Å². The molecule has 1 aromatic rings. The fraction of sp³-hybridized carbons (Fsp3) is 0.412. The van der Waals surface area contributed by atoms with Gasteiger partial charge in [-0.05, 0) is 18.4 Å². The molecular formula is C17H21NO4. The standard InChI is InChI=1S/C17H21NO4/c1-21-17(20)15(18-16(19)14-10-11-22-12-14)9-5-8-13-6-3-2-4-7-13/h2-8,14-15H,9-12H2,1H3,(H,18,19)/b8-5+/t14-,15-/m1/s1. The number of hydrogen-bond acceptors (Lipinski definition) is 4. The fourth-order valence-electron chi connectivity index (χ4n) is 2.29. The lowest BCUT2D eigenvalue weighted by atomic mass is 10.1. The lowest BCUT2D eigenvalue weighted by Crippen LogP contribution is -2.44. The number of benzene rings is 1. The molecular weight excluding hydrogens is 282 g/mol. The van der Waals surface area contributed by atoms with Crippen molar-refractivity contribution in [2.24, 2.45) is 5.92 Å². The second kappa shape index (κ2) is 8.34. The van der Waals surface area contributed by atoms with Crippen LogP contribution in [0, 0.1) is 5.92 Å². The summed E-state index contributed by atoms with van der Waals surface area (Å²) >= 11 is 0. The Labute approximate surface area is 130 Å². The van der Waals surface area contributed by atoms with Gasteiger partial charge in [0.15, 0.2) is 0 Å². The summed E-state index contributed by atoms with van der Waals surface area (Å²) in [4.78, 5) is 23.9. The Morgan fingerprint density at radius 3 is 2.82 bits per heavy atom. The lowest BCUT2D eigenvalue weighted by Gasteiger charge is -2.17. The number of esters is 1. The molecule has 0 spiro atoms. The van der Waals surface area contributed by atoms with Crippen molar-refractivity contribution < 1.29 is 19.1 Å². The Balaban J connectivity index is 1.92. The molecule has 0 aromatic heterocycles. The molecule has 1 N–H and O–H groups in total. The van der Waals surface area contributed by atoms with E-state index in [1.54, 1.807) is 0 Å². The van der Waals surface area contributed by atoms with E-state index in [1.165, 1.54) is 7.11 Å². The van der Waals surface area contributed by atoms with Crippen LogP contribution in [0.4, 0.5) is 0 Å². The van der Waals surface area contributed by atoms with Crippen LogP contribution in [0.1, 0.15) is 18.4 Å². The molecule has 2 atom stereocenters. The van der Waals surface area contributed by atoms with Gasteiger partial charge in [-0.25, -0.2) is 4.79 Å². The van der Waals surface area contributed by atoms with Crippen LogP contribution in [0.15, 0.2) is 36.4 Å². The van der Waals surface area contributed by atoms with Gasteiger partial charge in [0.25, 0.3) is 0 Å². The largest absolute Gasteiger partial charge is 0.467 e. The monoisotopic (exact) mass is 303 g/mol. The van der Waals surface area contributed by atoms with Crippen molar-refractivity contribution in [3.05, 3.63) is 42.0 Å². The van der Waals surface area contributed by atoms with Crippen LogP contribution in [-0.2, 0) is 19.1 Å². The summed E-state index contributed by atoms with van der Waals surface area (Å²) in [7, 11) is 1.32. The van der Waals surface area contributed by atoms with Gasteiger partial charge in [0.1, 0.15) is 6.04 Å². The maximum atomic E-state index is 12.1. The SMILES string of the molecule is COC(=O)[C@@H](C/C=C/c1ccccc1)NC(=O)[C@@H]1CCOC1. The highest BCUT2D eigenvalue weighted by atomic mass is 16.5. The van der Waals surface area contributed by atoms with Crippen LogP contribution in [-0.4, -0.2) is 38.2 Å². The molecule has 0 radical (unpaired) electrons. The summed E-state index contributed by atoms with van der Waals surface area (Å²) in [5.41, 5.74) is 1.04. The van der Waals surface area contributed by atoms with Crippen molar-refractivity contribution >= 4 is 18.0 Å². The number of carbonyl (C=O) groups is 2. The van der Waals surface area contributed by atoms with E-state index in [4.69, 9.17) is 9.47 Å². The molecule has 0 unspecified atom stereocenters. The minimum Gasteiger partial charge on any atom is -0.467 e. The smallest absolute Gasteiger partial charge is 0.328 e. The number of ether oxygens (including phenoxy) is 2. The minimum absolute atomic E-state index is 0.152. The third-order valence-corrected chi connectivity index (χ3v) is 3.58. The van der Waals surface area contributed by atoms with Crippen LogP contribution < -0.4 is 5.32 Å². The van der Waals surface area contributed by atoms with E-state index in [1.807, 2.05) is 42.5 Å². The summed E-state index contributed by atoms with van der Waals surface area (Å²) in [5.74, 6) is -0.767. The minimum atomic E-state index is -0.668. The molecule has 1 fully saturated rings. The third-order valence-electron chi connectivity index (χ3n) is 3.58. The fourth-order valence-corrected chi connectivity index (χ4v) is 2.29. The first-order valence-electron chi connectivity index (χ1n) is 7.38. The summed E-state index contributed by atoms with van der Waals surface area (Å²) in [6.07, 6.45) is 4.86. The highest BCUT2D eigenvalue weighted by molar-refractivity contribution is 5.86. The Morgan fingerprint density at radius 2 is 2.18 bits per heavy atom. The summed E-state index contributed by atoms with van der Waals surface area (Å²) < 4.78 is 9.95. The van der Waals surface area contributed by atoms with Crippen molar-refractivity contribution in [1.29, 1.82) is 0 Å². The Morgan fingerprint density at radius 1 is 1.41 bits per heavy atom. The molecule has 1 aromatic carbocycles. The first-order valence-corrected chi connectivity index (χ1v) is 7.38. The quantitative estimate of drug-likeness (QED) is 0.814. The first kappa shape index (κ1) is 16.2. The molecule has 1 amide bonds. The van der Waals surface area contributed by atoms with Crippen LogP contribution in [0.3, 0.4) is 0 Å². The molecule has 2 rings (SSSR count). The third kappa shape index (κ3) is 4.70. The van der Waals surface area contributed by atoms with E-state index >= 15 is 0 Å². The summed E-state index contributed by atoms with van der Waals surface area (Å²) in [6.45, 7) is 1.01. The Bertz CT molecular complexity index is 521. The van der Waals surface area contributed by atoms with E-state index in [0.29, 0.717) is 26.1 Å². The van der Waals surface area contributed by atoms with Gasteiger partial charge in [-0.2, -0.15) is 0 Å². The highest BCUT2D eigenvalue weighted by Crippen LogP contribution is 2.13. The molecule has 0 bridgehead atoms. The molecule has 118 valence electrons. The van der Waals surface area contributed by atoms with Gasteiger partial charge in [0, 0.05) is 6.61 Å². The predicted octanol–water partition coefficient (Wildman–Crippen LogP) is 1.78. The topological polar surface area (TPSA) is 64.6 Å². The van der Waals surface area contributed by atoms with Gasteiger partial charge in [-0.15, -0.1) is 0 Å². The van der Waals surface area contributed by atoms with E-state index in [-0.39, 0.29) is 11.8 Å². The van der Waals surface area contributed by atoms with Crippen molar-refractivity contribution in [3.63, 3.8) is 0 Å². The number of rotatable bonds is 6. The Kier molecular flexibility index (Phi) is 6.15. The normalized spacial score (nSPS) is 19.0. The highest BCUT2D eigenvalue weighted by Gasteiger charge is 2.27. The second-order valence-electron chi connectivity index (χ2n) is 5.19. The average Bonchev–Trinajstić information content (AvgIpc) is 3.08. The molecule has 22 heavy (non-hydrogen) atoms. The Hall–Kier alpha value is -2.14. The maximum Gasteiger partial charge on any atom is 0.328 e. The van der Waals surface area contributed by atoms with Gasteiger partial charge in [-0.1, -0.05) is 42.5 Å². The van der Waals surface area contributed by atoms with E-state index in [9.17, 15) is 9.59 Å². The predicted molar refractivity (Wildman–Crippen MR) is 83.0 cm³/mol. The number of carbonyl (C=O) groups excluding carboxylic acids is 2. The molecule has 5 heteroatoms. The zero-order valence-corrected chi connectivity index (χ0v) is 12.7. The van der Waals surface area contributed by atoms with Gasteiger partial charge in [0.2, 0.25) is 5.91 Å². The molecule has 1 aliphatic rings. The maximum absolute atomic E-state index is 12.1. The number of hydrogen-bond donors (Lipinski definition) is 1. The number of methoxy groups -OCH3 is 1. The van der Waals surface area contributed by atoms with Gasteiger partial charge in [0.05, 0.1) is 19.6 Å². The van der Waals surface area contributed by atoms with Gasteiger partial charge >= 0.3 is 5.97 Å². The molecule has 0 saturated carbocycles. The molecule has 1 saturated heterocycles. The van der Waals surface area contributed by atoms with Crippen molar-refractivity contribution in [2.45, 2.75) is 18.9 Å². The van der Waals surface area contributed by atoms with Crippen LogP contribution in [0.2, 0.25) is 0 Å². The zero-order chi connectivity index (χ0) is 15.8.